The lowest BCUT2D eigenvalue weighted by Crippen LogP contribution is -2.13. The first-order valence-corrected chi connectivity index (χ1v) is 10.3. The number of rotatable bonds is 3. The van der Waals surface area contributed by atoms with E-state index in [1.807, 2.05) is 78.8 Å². The predicted molar refractivity (Wildman–Crippen MR) is 126 cm³/mol. The Morgan fingerprint density at radius 2 is 1.53 bits per heavy atom. The number of nitrogens with zero attached hydrogens (tertiary/aromatic N) is 2. The van der Waals surface area contributed by atoms with Crippen molar-refractivity contribution in [2.24, 2.45) is 0 Å². The zero-order valence-corrected chi connectivity index (χ0v) is 19.0. The molecule has 1 amide bonds. The lowest BCUT2D eigenvalue weighted by molar-refractivity contribution is 0.102. The summed E-state index contributed by atoms with van der Waals surface area (Å²) in [6.45, 7) is 13.9. The molecule has 0 radical (unpaired) electrons. The normalized spacial score (nSPS) is 9.27. The Balaban J connectivity index is 0.00000106. The van der Waals surface area contributed by atoms with Gasteiger partial charge >= 0.3 is 0 Å². The van der Waals surface area contributed by atoms with Crippen LogP contribution in [-0.2, 0) is 0 Å². The van der Waals surface area contributed by atoms with Gasteiger partial charge in [0, 0.05) is 11.3 Å². The van der Waals surface area contributed by atoms with Crippen LogP contribution in [0.1, 0.15) is 60.4 Å². The van der Waals surface area contributed by atoms with E-state index in [-0.39, 0.29) is 5.91 Å². The Labute approximate surface area is 180 Å². The van der Waals surface area contributed by atoms with Gasteiger partial charge in [0.15, 0.2) is 0 Å². The number of anilines is 1. The van der Waals surface area contributed by atoms with Crippen molar-refractivity contribution < 1.29 is 4.79 Å². The minimum Gasteiger partial charge on any atom is -0.320 e. The third-order valence-electron chi connectivity index (χ3n) is 4.32. The molecule has 0 bridgehead atoms. The Hall–Kier alpha value is -3.45. The zero-order valence-electron chi connectivity index (χ0n) is 19.0. The Bertz CT molecular complexity index is 1020. The van der Waals surface area contributed by atoms with E-state index in [1.54, 1.807) is 24.4 Å². The maximum Gasteiger partial charge on any atom is 0.255 e. The quantitative estimate of drug-likeness (QED) is 0.522. The number of aromatic nitrogens is 1. The molecule has 0 spiro atoms. The number of hydrogen-bond donors (Lipinski definition) is 1. The van der Waals surface area contributed by atoms with Crippen molar-refractivity contribution in [2.75, 3.05) is 5.32 Å². The standard InChI is InChI=1S/C22H19N3O.2C2H6/c1-14-4-5-17(12-23)11-20(14)18-6-8-19(9-7-18)22(26)25-21-13-24-16(3)10-15(21)2;2*1-2/h4-11,13H,1-3H3,(H,25,26);2*1-2H3. The summed E-state index contributed by atoms with van der Waals surface area (Å²) in [7, 11) is 0. The van der Waals surface area contributed by atoms with Crippen molar-refractivity contribution in [1.29, 1.82) is 5.26 Å². The van der Waals surface area contributed by atoms with Crippen molar-refractivity contribution >= 4 is 11.6 Å². The Morgan fingerprint density at radius 1 is 0.900 bits per heavy atom. The summed E-state index contributed by atoms with van der Waals surface area (Å²) in [5.74, 6) is -0.173. The molecular formula is C26H31N3O. The van der Waals surface area contributed by atoms with Crippen LogP contribution in [0.2, 0.25) is 0 Å². The molecule has 1 heterocycles. The van der Waals surface area contributed by atoms with Gasteiger partial charge in [-0.3, -0.25) is 9.78 Å². The topological polar surface area (TPSA) is 65.8 Å². The minimum absolute atomic E-state index is 0.173. The van der Waals surface area contributed by atoms with Gasteiger partial charge in [-0.05, 0) is 73.4 Å². The first-order chi connectivity index (χ1) is 14.5. The molecule has 0 atom stereocenters. The summed E-state index contributed by atoms with van der Waals surface area (Å²) in [4.78, 5) is 16.7. The van der Waals surface area contributed by atoms with Gasteiger partial charge in [0.1, 0.15) is 0 Å². The van der Waals surface area contributed by atoms with Crippen LogP contribution in [0.3, 0.4) is 0 Å². The molecule has 4 heteroatoms. The number of pyridine rings is 1. The van der Waals surface area contributed by atoms with Crippen LogP contribution in [0, 0.1) is 32.1 Å². The predicted octanol–water partition coefficient (Wildman–Crippen LogP) is 6.85. The van der Waals surface area contributed by atoms with Gasteiger partial charge in [-0.1, -0.05) is 45.9 Å². The monoisotopic (exact) mass is 401 g/mol. The molecule has 4 nitrogen and oxygen atoms in total. The fraction of sp³-hybridized carbons (Fsp3) is 0.269. The van der Waals surface area contributed by atoms with Crippen molar-refractivity contribution in [3.63, 3.8) is 0 Å². The highest BCUT2D eigenvalue weighted by Crippen LogP contribution is 2.25. The summed E-state index contributed by atoms with van der Waals surface area (Å²) >= 11 is 0. The second kappa shape index (κ2) is 12.2. The van der Waals surface area contributed by atoms with Crippen molar-refractivity contribution in [3.8, 4) is 17.2 Å². The van der Waals surface area contributed by atoms with E-state index in [2.05, 4.69) is 16.4 Å². The number of nitriles is 1. The zero-order chi connectivity index (χ0) is 22.7. The number of carbonyl (C=O) groups is 1. The van der Waals surface area contributed by atoms with E-state index >= 15 is 0 Å². The Morgan fingerprint density at radius 3 is 2.10 bits per heavy atom. The highest BCUT2D eigenvalue weighted by atomic mass is 16.1. The number of hydrogen-bond acceptors (Lipinski definition) is 3. The van der Waals surface area contributed by atoms with Crippen LogP contribution in [-0.4, -0.2) is 10.9 Å². The molecule has 156 valence electrons. The lowest BCUT2D eigenvalue weighted by Gasteiger charge is -2.10. The van der Waals surface area contributed by atoms with E-state index in [4.69, 9.17) is 5.26 Å². The molecule has 0 saturated carbocycles. The number of aryl methyl sites for hydroxylation is 3. The molecule has 0 saturated heterocycles. The van der Waals surface area contributed by atoms with E-state index in [1.165, 1.54) is 0 Å². The van der Waals surface area contributed by atoms with Crippen LogP contribution in [0.5, 0.6) is 0 Å². The summed E-state index contributed by atoms with van der Waals surface area (Å²) in [5, 5.41) is 12.0. The number of benzene rings is 2. The van der Waals surface area contributed by atoms with E-state index in [0.717, 1.165) is 27.9 Å². The van der Waals surface area contributed by atoms with Gasteiger partial charge in [-0.2, -0.15) is 5.26 Å². The SMILES string of the molecule is CC.CC.Cc1cc(C)c(NC(=O)c2ccc(-c3cc(C#N)ccc3C)cc2)cn1. The van der Waals surface area contributed by atoms with Gasteiger partial charge in [-0.25, -0.2) is 0 Å². The second-order valence-corrected chi connectivity index (χ2v) is 6.31. The second-order valence-electron chi connectivity index (χ2n) is 6.31. The largest absolute Gasteiger partial charge is 0.320 e. The number of nitrogens with one attached hydrogen (secondary N) is 1. The molecule has 0 aliphatic rings. The molecule has 1 N–H and O–H groups in total. The molecule has 0 unspecified atom stereocenters. The van der Waals surface area contributed by atoms with Crippen molar-refractivity contribution in [3.05, 3.63) is 82.7 Å². The van der Waals surface area contributed by atoms with Gasteiger partial charge in [0.25, 0.3) is 5.91 Å². The van der Waals surface area contributed by atoms with Crippen LogP contribution in [0.15, 0.2) is 54.7 Å². The molecule has 2 aromatic carbocycles. The molecule has 3 rings (SSSR count). The maximum atomic E-state index is 12.5. The van der Waals surface area contributed by atoms with Gasteiger partial charge in [-0.15, -0.1) is 0 Å². The number of amides is 1. The summed E-state index contributed by atoms with van der Waals surface area (Å²) in [5.41, 5.74) is 6.85. The first kappa shape index (κ1) is 24.6. The Kier molecular flexibility index (Phi) is 9.99. The van der Waals surface area contributed by atoms with Crippen molar-refractivity contribution in [1.82, 2.24) is 4.98 Å². The van der Waals surface area contributed by atoms with Gasteiger partial charge in [0.2, 0.25) is 0 Å². The summed E-state index contributed by atoms with van der Waals surface area (Å²) < 4.78 is 0. The van der Waals surface area contributed by atoms with Crippen LogP contribution >= 0.6 is 0 Å². The van der Waals surface area contributed by atoms with E-state index in [9.17, 15) is 4.79 Å². The van der Waals surface area contributed by atoms with Crippen molar-refractivity contribution in [2.45, 2.75) is 48.5 Å². The summed E-state index contributed by atoms with van der Waals surface area (Å²) in [6, 6.07) is 17.1. The third kappa shape index (κ3) is 6.28. The fourth-order valence-electron chi connectivity index (χ4n) is 2.83. The fourth-order valence-corrected chi connectivity index (χ4v) is 2.83. The molecule has 1 aromatic heterocycles. The highest BCUT2D eigenvalue weighted by molar-refractivity contribution is 6.04. The molecule has 30 heavy (non-hydrogen) atoms. The molecule has 3 aromatic rings. The van der Waals surface area contributed by atoms with E-state index < -0.39 is 0 Å². The molecular weight excluding hydrogens is 370 g/mol. The number of carbonyl (C=O) groups excluding carboxylic acids is 1. The molecule has 0 aliphatic carbocycles. The van der Waals surface area contributed by atoms with Crippen LogP contribution in [0.25, 0.3) is 11.1 Å². The van der Waals surface area contributed by atoms with Crippen LogP contribution in [0.4, 0.5) is 5.69 Å². The maximum absolute atomic E-state index is 12.5. The average molecular weight is 402 g/mol. The lowest BCUT2D eigenvalue weighted by atomic mass is 9.97. The van der Waals surface area contributed by atoms with Gasteiger partial charge in [0.05, 0.1) is 23.5 Å². The van der Waals surface area contributed by atoms with Crippen LogP contribution < -0.4 is 5.32 Å². The average Bonchev–Trinajstić information content (AvgIpc) is 2.79. The molecule has 0 aliphatic heterocycles. The molecule has 0 fully saturated rings. The third-order valence-corrected chi connectivity index (χ3v) is 4.32. The highest BCUT2D eigenvalue weighted by Gasteiger charge is 2.10. The van der Waals surface area contributed by atoms with Gasteiger partial charge < -0.3 is 5.32 Å². The first-order valence-electron chi connectivity index (χ1n) is 10.3. The smallest absolute Gasteiger partial charge is 0.255 e. The minimum atomic E-state index is -0.173. The summed E-state index contributed by atoms with van der Waals surface area (Å²) in [6.07, 6.45) is 1.67. The van der Waals surface area contributed by atoms with E-state index in [0.29, 0.717) is 16.8 Å².